The van der Waals surface area contributed by atoms with Crippen LogP contribution in [0.3, 0.4) is 0 Å². The molecule has 0 bridgehead atoms. The van der Waals surface area contributed by atoms with Gasteiger partial charge in [-0.15, -0.1) is 0 Å². The third-order valence-electron chi connectivity index (χ3n) is 0.793. The van der Waals surface area contributed by atoms with Crippen LogP contribution < -0.4 is 10.6 Å². The Morgan fingerprint density at radius 2 is 1.25 bits per heavy atom. The predicted octanol–water partition coefficient (Wildman–Crippen LogP) is -2.68. The van der Waals surface area contributed by atoms with Crippen LogP contribution in [0.4, 0.5) is 4.79 Å². The molecule has 7 nitrogen and oxygen atoms in total. The van der Waals surface area contributed by atoms with Gasteiger partial charge in [-0.25, -0.2) is 4.79 Å². The van der Waals surface area contributed by atoms with Crippen LogP contribution in [0, 0.1) is 0 Å². The lowest BCUT2D eigenvalue weighted by Crippen LogP contribution is -2.44. The van der Waals surface area contributed by atoms with Gasteiger partial charge in [0.1, 0.15) is 13.2 Å². The van der Waals surface area contributed by atoms with Crippen LogP contribution >= 0.6 is 0 Å². The van der Waals surface area contributed by atoms with Gasteiger partial charge in [-0.2, -0.15) is 0 Å². The standard InChI is InChI=1S/C5H8N2O5/c8-1-3(10)6-5(12)7-4(11)2-9/h8-9H,1-2H2,(H2,6,7,10,11,12). The molecule has 12 heavy (non-hydrogen) atoms. The van der Waals surface area contributed by atoms with Gasteiger partial charge in [-0.05, 0) is 0 Å². The summed E-state index contributed by atoms with van der Waals surface area (Å²) in [6.45, 7) is -1.69. The SMILES string of the molecule is O=C(CO)NC(=O)NC(=O)CO. The van der Waals surface area contributed by atoms with Gasteiger partial charge < -0.3 is 10.2 Å². The van der Waals surface area contributed by atoms with E-state index in [0.717, 1.165) is 0 Å². The first-order chi connectivity index (χ1) is 5.60. The Hall–Kier alpha value is -1.47. The van der Waals surface area contributed by atoms with Gasteiger partial charge in [0.2, 0.25) is 0 Å². The fourth-order valence-electron chi connectivity index (χ4n) is 0.364. The van der Waals surface area contributed by atoms with E-state index in [1.807, 2.05) is 0 Å². The van der Waals surface area contributed by atoms with Gasteiger partial charge in [0.15, 0.2) is 0 Å². The molecular weight excluding hydrogens is 168 g/mol. The van der Waals surface area contributed by atoms with Crippen LogP contribution in [0.15, 0.2) is 0 Å². The Labute approximate surface area is 67.4 Å². The molecule has 0 aliphatic rings. The molecule has 0 aromatic carbocycles. The zero-order valence-corrected chi connectivity index (χ0v) is 6.03. The molecule has 0 aliphatic heterocycles. The predicted molar refractivity (Wildman–Crippen MR) is 35.9 cm³/mol. The molecule has 0 aliphatic carbocycles. The molecule has 0 heterocycles. The summed E-state index contributed by atoms with van der Waals surface area (Å²) in [4.78, 5) is 31.1. The van der Waals surface area contributed by atoms with Gasteiger partial charge in [0, 0.05) is 0 Å². The molecule has 68 valence electrons. The zero-order chi connectivity index (χ0) is 9.56. The van der Waals surface area contributed by atoms with E-state index in [4.69, 9.17) is 10.2 Å². The van der Waals surface area contributed by atoms with Crippen molar-refractivity contribution in [2.24, 2.45) is 0 Å². The third-order valence-corrected chi connectivity index (χ3v) is 0.793. The summed E-state index contributed by atoms with van der Waals surface area (Å²) in [7, 11) is 0. The molecule has 0 aromatic heterocycles. The Balaban J connectivity index is 3.74. The lowest BCUT2D eigenvalue weighted by atomic mass is 10.6. The van der Waals surface area contributed by atoms with Crippen molar-refractivity contribution in [2.45, 2.75) is 0 Å². The number of hydrogen-bond acceptors (Lipinski definition) is 5. The summed E-state index contributed by atoms with van der Waals surface area (Å²) in [5.41, 5.74) is 0. The number of carbonyl (C=O) groups is 3. The molecule has 4 amide bonds. The molecule has 0 aromatic rings. The van der Waals surface area contributed by atoms with Gasteiger partial charge >= 0.3 is 6.03 Å². The van der Waals surface area contributed by atoms with Gasteiger partial charge in [0.05, 0.1) is 0 Å². The second kappa shape index (κ2) is 5.22. The second-order valence-corrected chi connectivity index (χ2v) is 1.74. The highest BCUT2D eigenvalue weighted by atomic mass is 16.3. The van der Waals surface area contributed by atoms with E-state index in [0.29, 0.717) is 0 Å². The number of carbonyl (C=O) groups excluding carboxylic acids is 3. The van der Waals surface area contributed by atoms with Crippen molar-refractivity contribution in [1.82, 2.24) is 10.6 Å². The number of imide groups is 2. The van der Waals surface area contributed by atoms with Crippen molar-refractivity contribution in [1.29, 1.82) is 0 Å². The van der Waals surface area contributed by atoms with Gasteiger partial charge in [0.25, 0.3) is 11.8 Å². The molecule has 0 radical (unpaired) electrons. The zero-order valence-electron chi connectivity index (χ0n) is 6.03. The summed E-state index contributed by atoms with van der Waals surface area (Å²) in [6, 6.07) is -1.08. The molecule has 0 fully saturated rings. The highest BCUT2D eigenvalue weighted by molar-refractivity contribution is 6.02. The molecule has 0 saturated carbocycles. The summed E-state index contributed by atoms with van der Waals surface area (Å²) < 4.78 is 0. The number of amides is 4. The van der Waals surface area contributed by atoms with Gasteiger partial charge in [-0.3, -0.25) is 20.2 Å². The van der Waals surface area contributed by atoms with Crippen molar-refractivity contribution in [3.8, 4) is 0 Å². The summed E-state index contributed by atoms with van der Waals surface area (Å²) in [5.74, 6) is -1.86. The molecule has 4 N–H and O–H groups in total. The Morgan fingerprint density at radius 1 is 0.917 bits per heavy atom. The fraction of sp³-hybridized carbons (Fsp3) is 0.400. The Morgan fingerprint density at radius 3 is 1.50 bits per heavy atom. The number of aliphatic hydroxyl groups is 2. The molecule has 7 heteroatoms. The van der Waals surface area contributed by atoms with E-state index >= 15 is 0 Å². The first-order valence-corrected chi connectivity index (χ1v) is 2.95. The molecular formula is C5H8N2O5. The van der Waals surface area contributed by atoms with Crippen molar-refractivity contribution in [2.75, 3.05) is 13.2 Å². The van der Waals surface area contributed by atoms with E-state index in [1.165, 1.54) is 0 Å². The Bertz CT molecular complexity index is 182. The van der Waals surface area contributed by atoms with Crippen LogP contribution in [-0.2, 0) is 9.59 Å². The second-order valence-electron chi connectivity index (χ2n) is 1.74. The fourth-order valence-corrected chi connectivity index (χ4v) is 0.364. The summed E-state index contributed by atoms with van der Waals surface area (Å²) >= 11 is 0. The van der Waals surface area contributed by atoms with Crippen LogP contribution in [0.25, 0.3) is 0 Å². The summed E-state index contributed by atoms with van der Waals surface area (Å²) in [5, 5.41) is 19.5. The van der Waals surface area contributed by atoms with Crippen molar-refractivity contribution < 1.29 is 24.6 Å². The highest BCUT2D eigenvalue weighted by Crippen LogP contribution is 1.68. The highest BCUT2D eigenvalue weighted by Gasteiger charge is 2.08. The Kier molecular flexibility index (Phi) is 4.58. The number of nitrogens with one attached hydrogen (secondary N) is 2. The molecule has 0 saturated heterocycles. The lowest BCUT2D eigenvalue weighted by molar-refractivity contribution is -0.123. The van der Waals surface area contributed by atoms with E-state index < -0.39 is 31.1 Å². The minimum atomic E-state index is -1.08. The van der Waals surface area contributed by atoms with Crippen LogP contribution in [-0.4, -0.2) is 41.3 Å². The molecule has 0 atom stereocenters. The first-order valence-electron chi connectivity index (χ1n) is 2.95. The van der Waals surface area contributed by atoms with E-state index in [9.17, 15) is 14.4 Å². The maximum absolute atomic E-state index is 10.5. The van der Waals surface area contributed by atoms with E-state index in [2.05, 4.69) is 0 Å². The third kappa shape index (κ3) is 4.36. The summed E-state index contributed by atoms with van der Waals surface area (Å²) in [6.07, 6.45) is 0. The minimum absolute atomic E-state index is 0.846. The van der Waals surface area contributed by atoms with Crippen LogP contribution in [0.2, 0.25) is 0 Å². The lowest BCUT2D eigenvalue weighted by Gasteiger charge is -2.01. The number of rotatable bonds is 2. The van der Waals surface area contributed by atoms with Crippen molar-refractivity contribution in [3.05, 3.63) is 0 Å². The maximum Gasteiger partial charge on any atom is 0.328 e. The molecule has 0 rings (SSSR count). The monoisotopic (exact) mass is 176 g/mol. The normalized spacial score (nSPS) is 8.83. The van der Waals surface area contributed by atoms with Crippen molar-refractivity contribution in [3.63, 3.8) is 0 Å². The molecule has 0 spiro atoms. The average molecular weight is 176 g/mol. The number of aliphatic hydroxyl groups excluding tert-OH is 2. The largest absolute Gasteiger partial charge is 0.387 e. The number of hydrogen-bond donors (Lipinski definition) is 4. The maximum atomic E-state index is 10.5. The van der Waals surface area contributed by atoms with Crippen molar-refractivity contribution >= 4 is 17.8 Å². The first kappa shape index (κ1) is 10.5. The van der Waals surface area contributed by atoms with E-state index in [1.54, 1.807) is 10.6 Å². The van der Waals surface area contributed by atoms with Crippen LogP contribution in [0.1, 0.15) is 0 Å². The minimum Gasteiger partial charge on any atom is -0.387 e. The van der Waals surface area contributed by atoms with Crippen LogP contribution in [0.5, 0.6) is 0 Å². The number of urea groups is 1. The van der Waals surface area contributed by atoms with Gasteiger partial charge in [-0.1, -0.05) is 0 Å². The topological polar surface area (TPSA) is 116 Å². The van der Waals surface area contributed by atoms with E-state index in [-0.39, 0.29) is 0 Å². The quantitative estimate of drug-likeness (QED) is 0.366. The smallest absolute Gasteiger partial charge is 0.328 e. The molecule has 0 unspecified atom stereocenters. The average Bonchev–Trinajstić information content (AvgIpc) is 2.03.